The Kier molecular flexibility index (Phi) is 5.89. The van der Waals surface area contributed by atoms with E-state index in [2.05, 4.69) is 29.5 Å². The number of pyridine rings is 2. The molecule has 1 unspecified atom stereocenters. The highest BCUT2D eigenvalue weighted by atomic mass is 32.1. The predicted octanol–water partition coefficient (Wildman–Crippen LogP) is 5.27. The largest absolute Gasteiger partial charge is 0.487 e. The molecule has 29 heavy (non-hydrogen) atoms. The number of hydrogen-bond acceptors (Lipinski definition) is 7. The second kappa shape index (κ2) is 8.90. The van der Waals surface area contributed by atoms with Crippen LogP contribution >= 0.6 is 20.6 Å². The minimum atomic E-state index is 0.430. The number of aromatic nitrogens is 3. The predicted molar refractivity (Wildman–Crippen MR) is 122 cm³/mol. The molecular weight excluding hydrogens is 401 g/mol. The molecule has 3 aromatic heterocycles. The molecule has 3 heterocycles. The van der Waals surface area contributed by atoms with Crippen molar-refractivity contribution in [1.82, 2.24) is 15.0 Å². The molecule has 0 amide bonds. The Morgan fingerprint density at radius 2 is 2.14 bits per heavy atom. The summed E-state index contributed by atoms with van der Waals surface area (Å²) in [6.45, 7) is 0.430. The van der Waals surface area contributed by atoms with E-state index in [1.807, 2.05) is 48.3 Å². The van der Waals surface area contributed by atoms with Gasteiger partial charge < -0.3 is 15.5 Å². The summed E-state index contributed by atoms with van der Waals surface area (Å²) in [6, 6.07) is 13.6. The Labute approximate surface area is 174 Å². The van der Waals surface area contributed by atoms with Crippen LogP contribution < -0.4 is 10.1 Å². The maximum Gasteiger partial charge on any atom is 0.189 e. The number of nitrogens with zero attached hydrogens (tertiary/aromatic N) is 3. The normalized spacial score (nSPS) is 11.4. The van der Waals surface area contributed by atoms with Crippen molar-refractivity contribution in [3.8, 4) is 5.75 Å². The first-order valence-electron chi connectivity index (χ1n) is 8.83. The summed E-state index contributed by atoms with van der Waals surface area (Å²) in [5.74, 6) is 3.28. The lowest BCUT2D eigenvalue weighted by Crippen LogP contribution is -1.98. The van der Waals surface area contributed by atoms with Gasteiger partial charge in [-0.2, -0.15) is 0 Å². The molecule has 0 aliphatic heterocycles. The first-order valence-corrected chi connectivity index (χ1v) is 10.3. The molecule has 6 nitrogen and oxygen atoms in total. The van der Waals surface area contributed by atoms with Gasteiger partial charge in [0.15, 0.2) is 5.13 Å². The molecule has 144 valence electrons. The van der Waals surface area contributed by atoms with Crippen LogP contribution in [0.4, 0.5) is 10.9 Å². The standard InChI is InChI=1S/C21H18N5OPS/c22-10-16(13-28)15-3-4-18-19(9-15)29-21(25-18)26-20-8-14(5-7-24-20)12-27-17-2-1-6-23-11-17/h1-11,13,22H,12,28H2,(H,24,25,26)/b16-13+,22-10?. The SMILES string of the molecule is N=C/C(=C\P)c1ccc2nc(Nc3cc(COc4cccnc4)ccn3)sc2c1. The third-order valence-corrected chi connectivity index (χ3v) is 5.45. The Hall–Kier alpha value is -3.15. The van der Waals surface area contributed by atoms with E-state index in [-0.39, 0.29) is 0 Å². The Balaban J connectivity index is 1.50. The van der Waals surface area contributed by atoms with Gasteiger partial charge in [-0.1, -0.05) is 23.2 Å². The van der Waals surface area contributed by atoms with Crippen LogP contribution in [0.5, 0.6) is 5.75 Å². The molecule has 0 aliphatic carbocycles. The molecule has 4 rings (SSSR count). The van der Waals surface area contributed by atoms with Crippen molar-refractivity contribution in [2.45, 2.75) is 6.61 Å². The molecule has 1 atom stereocenters. The van der Waals surface area contributed by atoms with Crippen molar-refractivity contribution in [3.63, 3.8) is 0 Å². The summed E-state index contributed by atoms with van der Waals surface area (Å²) in [6.07, 6.45) is 6.49. The molecule has 0 saturated carbocycles. The number of hydrogen-bond donors (Lipinski definition) is 2. The monoisotopic (exact) mass is 419 g/mol. The summed E-state index contributed by atoms with van der Waals surface area (Å²) >= 11 is 1.55. The van der Waals surface area contributed by atoms with E-state index in [0.29, 0.717) is 12.4 Å². The third kappa shape index (κ3) is 4.65. The van der Waals surface area contributed by atoms with Crippen LogP contribution in [0.25, 0.3) is 15.8 Å². The van der Waals surface area contributed by atoms with Crippen LogP contribution in [0.1, 0.15) is 11.1 Å². The second-order valence-electron chi connectivity index (χ2n) is 6.12. The molecule has 0 aliphatic rings. The molecule has 2 N–H and O–H groups in total. The minimum Gasteiger partial charge on any atom is -0.487 e. The van der Waals surface area contributed by atoms with E-state index in [9.17, 15) is 0 Å². The zero-order valence-electron chi connectivity index (χ0n) is 15.4. The van der Waals surface area contributed by atoms with E-state index >= 15 is 0 Å². The molecule has 0 spiro atoms. The van der Waals surface area contributed by atoms with E-state index in [1.54, 1.807) is 29.9 Å². The second-order valence-corrected chi connectivity index (χ2v) is 7.48. The lowest BCUT2D eigenvalue weighted by Gasteiger charge is -2.07. The van der Waals surface area contributed by atoms with Gasteiger partial charge in [-0.15, -0.1) is 9.24 Å². The van der Waals surface area contributed by atoms with E-state index in [4.69, 9.17) is 10.1 Å². The fourth-order valence-corrected chi connectivity index (χ4v) is 3.93. The average Bonchev–Trinajstić information content (AvgIpc) is 3.16. The summed E-state index contributed by atoms with van der Waals surface area (Å²) in [7, 11) is 2.54. The number of benzene rings is 1. The fraction of sp³-hybridized carbons (Fsp3) is 0.0476. The Bertz CT molecular complexity index is 1180. The number of nitrogens with one attached hydrogen (secondary N) is 2. The highest BCUT2D eigenvalue weighted by Crippen LogP contribution is 2.30. The van der Waals surface area contributed by atoms with Crippen LogP contribution in [0.2, 0.25) is 0 Å². The van der Waals surface area contributed by atoms with Crippen LogP contribution in [0.15, 0.2) is 66.9 Å². The lowest BCUT2D eigenvalue weighted by atomic mass is 10.1. The molecule has 8 heteroatoms. The number of rotatable bonds is 7. The van der Waals surface area contributed by atoms with Gasteiger partial charge in [0.1, 0.15) is 18.2 Å². The zero-order chi connectivity index (χ0) is 20.1. The summed E-state index contributed by atoms with van der Waals surface area (Å²) in [5, 5.41) is 11.6. The number of allylic oxidation sites excluding steroid dienone is 1. The fourth-order valence-electron chi connectivity index (χ4n) is 2.73. The number of fused-ring (bicyclic) bond motifs is 1. The van der Waals surface area contributed by atoms with Crippen molar-refractivity contribution in [2.24, 2.45) is 0 Å². The maximum absolute atomic E-state index is 7.52. The topological polar surface area (TPSA) is 83.8 Å². The van der Waals surface area contributed by atoms with Gasteiger partial charge in [-0.25, -0.2) is 9.97 Å². The average molecular weight is 419 g/mol. The molecule has 0 fully saturated rings. The summed E-state index contributed by atoms with van der Waals surface area (Å²) in [5.41, 5.74) is 3.74. The lowest BCUT2D eigenvalue weighted by molar-refractivity contribution is 0.305. The zero-order valence-corrected chi connectivity index (χ0v) is 17.3. The maximum atomic E-state index is 7.52. The van der Waals surface area contributed by atoms with Gasteiger partial charge in [0.25, 0.3) is 0 Å². The van der Waals surface area contributed by atoms with Crippen molar-refractivity contribution < 1.29 is 4.74 Å². The molecular formula is C21H18N5OPS. The Morgan fingerprint density at radius 1 is 1.21 bits per heavy atom. The molecule has 0 radical (unpaired) electrons. The number of ether oxygens (including phenoxy) is 1. The number of anilines is 2. The van der Waals surface area contributed by atoms with Crippen molar-refractivity contribution in [1.29, 1.82) is 5.41 Å². The van der Waals surface area contributed by atoms with Crippen LogP contribution in [-0.2, 0) is 6.61 Å². The van der Waals surface area contributed by atoms with Gasteiger partial charge in [0.05, 0.1) is 16.4 Å². The summed E-state index contributed by atoms with van der Waals surface area (Å²) < 4.78 is 6.79. The van der Waals surface area contributed by atoms with Crippen molar-refractivity contribution in [3.05, 3.63) is 78.0 Å². The minimum absolute atomic E-state index is 0.430. The van der Waals surface area contributed by atoms with Gasteiger partial charge in [-0.05, 0) is 53.1 Å². The van der Waals surface area contributed by atoms with Gasteiger partial charge in [-0.3, -0.25) is 4.98 Å². The summed E-state index contributed by atoms with van der Waals surface area (Å²) in [4.78, 5) is 13.1. The van der Waals surface area contributed by atoms with E-state index in [0.717, 1.165) is 37.8 Å². The quantitative estimate of drug-likeness (QED) is 0.315. The number of thiazole rings is 1. The van der Waals surface area contributed by atoms with E-state index in [1.165, 1.54) is 6.21 Å². The van der Waals surface area contributed by atoms with Gasteiger partial charge in [0.2, 0.25) is 0 Å². The molecule has 4 aromatic rings. The highest BCUT2D eigenvalue weighted by Gasteiger charge is 2.08. The van der Waals surface area contributed by atoms with E-state index < -0.39 is 0 Å². The van der Waals surface area contributed by atoms with Gasteiger partial charge in [0, 0.05) is 18.6 Å². The van der Waals surface area contributed by atoms with Crippen LogP contribution in [-0.4, -0.2) is 21.2 Å². The first kappa shape index (κ1) is 19.2. The van der Waals surface area contributed by atoms with Crippen molar-refractivity contribution >= 4 is 53.5 Å². The highest BCUT2D eigenvalue weighted by molar-refractivity contribution is 7.22. The van der Waals surface area contributed by atoms with Crippen molar-refractivity contribution in [2.75, 3.05) is 5.32 Å². The van der Waals surface area contributed by atoms with Gasteiger partial charge >= 0.3 is 0 Å². The van der Waals surface area contributed by atoms with Crippen LogP contribution in [0, 0.1) is 5.41 Å². The molecule has 0 saturated heterocycles. The smallest absolute Gasteiger partial charge is 0.189 e. The molecule has 0 bridgehead atoms. The first-order chi connectivity index (χ1) is 14.2. The van der Waals surface area contributed by atoms with Crippen LogP contribution in [0.3, 0.4) is 0 Å². The third-order valence-electron chi connectivity index (χ3n) is 4.16. The Morgan fingerprint density at radius 3 is 2.93 bits per heavy atom. The molecule has 1 aromatic carbocycles.